The first kappa shape index (κ1) is 19.1. The first-order chi connectivity index (χ1) is 14.5. The van der Waals surface area contributed by atoms with Crippen LogP contribution in [-0.4, -0.2) is 52.2 Å². The number of piperidine rings is 2. The minimum absolute atomic E-state index is 0.0714. The average molecular weight is 410 g/mol. The van der Waals surface area contributed by atoms with E-state index in [1.807, 2.05) is 11.0 Å². The molecule has 1 saturated carbocycles. The number of likely N-dealkylation sites (tertiary alicyclic amines) is 1. The molecule has 0 spiro atoms. The van der Waals surface area contributed by atoms with Gasteiger partial charge in [-0.15, -0.1) is 0 Å². The van der Waals surface area contributed by atoms with Crippen LogP contribution in [0.3, 0.4) is 0 Å². The summed E-state index contributed by atoms with van der Waals surface area (Å²) in [5.74, 6) is -0.275. The number of fused-ring (bicyclic) bond motifs is 1. The number of nitrogens with one attached hydrogen (secondary N) is 2. The fourth-order valence-electron chi connectivity index (χ4n) is 5.03. The lowest BCUT2D eigenvalue weighted by Crippen LogP contribution is -2.52. The summed E-state index contributed by atoms with van der Waals surface area (Å²) in [4.78, 5) is 52.8. The van der Waals surface area contributed by atoms with Gasteiger partial charge in [-0.2, -0.15) is 0 Å². The Kier molecular flexibility index (Phi) is 4.72. The molecule has 0 bridgehead atoms. The van der Waals surface area contributed by atoms with Crippen LogP contribution in [0.4, 0.5) is 10.5 Å². The monoisotopic (exact) mass is 410 g/mol. The molecular formula is C22H26N4O4. The Morgan fingerprint density at radius 2 is 1.90 bits per heavy atom. The van der Waals surface area contributed by atoms with Crippen molar-refractivity contribution in [1.82, 2.24) is 15.1 Å². The van der Waals surface area contributed by atoms with E-state index in [4.69, 9.17) is 0 Å². The fourth-order valence-corrected chi connectivity index (χ4v) is 5.03. The Morgan fingerprint density at radius 1 is 1.07 bits per heavy atom. The van der Waals surface area contributed by atoms with Gasteiger partial charge >= 0.3 is 6.03 Å². The molecule has 3 aliphatic heterocycles. The molecule has 2 atom stereocenters. The van der Waals surface area contributed by atoms with E-state index in [-0.39, 0.29) is 24.3 Å². The Morgan fingerprint density at radius 3 is 2.67 bits per heavy atom. The molecule has 5 rings (SSSR count). The van der Waals surface area contributed by atoms with Gasteiger partial charge in [-0.05, 0) is 68.2 Å². The van der Waals surface area contributed by atoms with E-state index in [2.05, 4.69) is 10.6 Å². The van der Waals surface area contributed by atoms with Crippen molar-refractivity contribution in [2.45, 2.75) is 63.6 Å². The van der Waals surface area contributed by atoms with Gasteiger partial charge in [-0.25, -0.2) is 4.79 Å². The lowest BCUT2D eigenvalue weighted by Gasteiger charge is -2.36. The molecule has 1 aromatic rings. The molecule has 0 aromatic heterocycles. The summed E-state index contributed by atoms with van der Waals surface area (Å²) in [6.07, 6.45) is 6.30. The number of carbonyl (C=O) groups is 4. The van der Waals surface area contributed by atoms with Crippen molar-refractivity contribution in [3.05, 3.63) is 29.3 Å². The standard InChI is InChI=1S/C22H26N4O4/c27-19-9-8-18(20(28)24-19)26-12-14-11-15(6-7-16(14)21(26)29)23-22(30)25-10-2-1-3-17(25)13-4-5-13/h6-7,11,13,17-18H,1-5,8-10,12H2,(H,23,30)(H,24,27,28). The maximum Gasteiger partial charge on any atom is 0.322 e. The quantitative estimate of drug-likeness (QED) is 0.747. The first-order valence-corrected chi connectivity index (χ1v) is 10.9. The minimum atomic E-state index is -0.631. The van der Waals surface area contributed by atoms with Gasteiger partial charge in [0.15, 0.2) is 0 Å². The largest absolute Gasteiger partial charge is 0.322 e. The van der Waals surface area contributed by atoms with Gasteiger partial charge in [-0.1, -0.05) is 0 Å². The third kappa shape index (κ3) is 3.44. The molecule has 4 aliphatic rings. The first-order valence-electron chi connectivity index (χ1n) is 10.9. The van der Waals surface area contributed by atoms with Gasteiger partial charge in [0.25, 0.3) is 5.91 Å². The number of carbonyl (C=O) groups excluding carboxylic acids is 4. The predicted octanol–water partition coefficient (Wildman–Crippen LogP) is 2.24. The van der Waals surface area contributed by atoms with Crippen molar-refractivity contribution in [2.75, 3.05) is 11.9 Å². The van der Waals surface area contributed by atoms with Gasteiger partial charge < -0.3 is 15.1 Å². The number of benzene rings is 1. The van der Waals surface area contributed by atoms with E-state index in [9.17, 15) is 19.2 Å². The van der Waals surface area contributed by atoms with Crippen LogP contribution in [0.2, 0.25) is 0 Å². The minimum Gasteiger partial charge on any atom is -0.322 e. The Labute approximate surface area is 175 Å². The second-order valence-corrected chi connectivity index (χ2v) is 8.80. The number of rotatable bonds is 3. The smallest absolute Gasteiger partial charge is 0.322 e. The zero-order valence-corrected chi connectivity index (χ0v) is 16.9. The van der Waals surface area contributed by atoms with Crippen molar-refractivity contribution in [3.8, 4) is 0 Å². The Hall–Kier alpha value is -2.90. The van der Waals surface area contributed by atoms with Crippen LogP contribution < -0.4 is 10.6 Å². The highest BCUT2D eigenvalue weighted by Gasteiger charge is 2.40. The molecule has 8 heteroatoms. The van der Waals surface area contributed by atoms with Crippen LogP contribution in [0.1, 0.15) is 60.9 Å². The predicted molar refractivity (Wildman–Crippen MR) is 109 cm³/mol. The van der Waals surface area contributed by atoms with E-state index >= 15 is 0 Å². The summed E-state index contributed by atoms with van der Waals surface area (Å²) in [6, 6.07) is 4.93. The highest BCUT2D eigenvalue weighted by atomic mass is 16.2. The molecule has 3 fully saturated rings. The highest BCUT2D eigenvalue weighted by Crippen LogP contribution is 2.39. The second kappa shape index (κ2) is 7.41. The number of hydrogen-bond acceptors (Lipinski definition) is 4. The normalized spacial score (nSPS) is 26.5. The number of amides is 5. The highest BCUT2D eigenvalue weighted by molar-refractivity contribution is 6.05. The molecule has 0 radical (unpaired) electrons. The Balaban J connectivity index is 1.29. The van der Waals surface area contributed by atoms with E-state index < -0.39 is 11.9 Å². The molecule has 158 valence electrons. The fraction of sp³-hybridized carbons (Fsp3) is 0.545. The van der Waals surface area contributed by atoms with E-state index in [1.165, 1.54) is 24.2 Å². The summed E-state index contributed by atoms with van der Waals surface area (Å²) < 4.78 is 0. The van der Waals surface area contributed by atoms with Crippen LogP contribution >= 0.6 is 0 Å². The van der Waals surface area contributed by atoms with Crippen LogP contribution in [0, 0.1) is 5.92 Å². The zero-order chi connectivity index (χ0) is 20.8. The summed E-state index contributed by atoms with van der Waals surface area (Å²) in [5, 5.41) is 5.32. The van der Waals surface area contributed by atoms with Gasteiger partial charge in [0.2, 0.25) is 11.8 Å². The Bertz CT molecular complexity index is 926. The SMILES string of the molecule is O=C1CCC(N2Cc3cc(NC(=O)N4CCCCC4C4CC4)ccc3C2=O)C(=O)N1. The summed E-state index contributed by atoms with van der Waals surface area (Å²) in [7, 11) is 0. The number of nitrogens with zero attached hydrogens (tertiary/aromatic N) is 2. The van der Waals surface area contributed by atoms with Crippen molar-refractivity contribution < 1.29 is 19.2 Å². The molecule has 1 aromatic carbocycles. The maximum absolute atomic E-state index is 12.9. The molecule has 1 aliphatic carbocycles. The van der Waals surface area contributed by atoms with Crippen molar-refractivity contribution >= 4 is 29.4 Å². The molecule has 5 amide bonds. The van der Waals surface area contributed by atoms with Crippen LogP contribution in [0.25, 0.3) is 0 Å². The van der Waals surface area contributed by atoms with Crippen molar-refractivity contribution in [2.24, 2.45) is 5.92 Å². The maximum atomic E-state index is 12.9. The topological polar surface area (TPSA) is 98.8 Å². The molecule has 3 heterocycles. The molecule has 2 saturated heterocycles. The van der Waals surface area contributed by atoms with Gasteiger partial charge in [0.05, 0.1) is 0 Å². The van der Waals surface area contributed by atoms with Gasteiger partial charge in [0, 0.05) is 36.8 Å². The third-order valence-corrected chi connectivity index (χ3v) is 6.75. The summed E-state index contributed by atoms with van der Waals surface area (Å²) >= 11 is 0. The van der Waals surface area contributed by atoms with Gasteiger partial charge in [0.1, 0.15) is 6.04 Å². The molecule has 8 nitrogen and oxygen atoms in total. The molecular weight excluding hydrogens is 384 g/mol. The summed E-state index contributed by atoms with van der Waals surface area (Å²) in [5.41, 5.74) is 2.00. The van der Waals surface area contributed by atoms with E-state index in [1.54, 1.807) is 12.1 Å². The van der Waals surface area contributed by atoms with E-state index in [0.29, 0.717) is 36.2 Å². The van der Waals surface area contributed by atoms with E-state index in [0.717, 1.165) is 24.9 Å². The number of urea groups is 1. The number of hydrogen-bond donors (Lipinski definition) is 2. The average Bonchev–Trinajstić information content (AvgIpc) is 3.53. The summed E-state index contributed by atoms with van der Waals surface area (Å²) in [6.45, 7) is 1.10. The molecule has 2 unspecified atom stereocenters. The van der Waals surface area contributed by atoms with Crippen LogP contribution in [-0.2, 0) is 16.1 Å². The number of anilines is 1. The third-order valence-electron chi connectivity index (χ3n) is 6.75. The van der Waals surface area contributed by atoms with Crippen molar-refractivity contribution in [1.29, 1.82) is 0 Å². The van der Waals surface area contributed by atoms with Crippen molar-refractivity contribution in [3.63, 3.8) is 0 Å². The zero-order valence-electron chi connectivity index (χ0n) is 16.9. The van der Waals surface area contributed by atoms with Crippen LogP contribution in [0.5, 0.6) is 0 Å². The number of imide groups is 1. The van der Waals surface area contributed by atoms with Gasteiger partial charge in [-0.3, -0.25) is 19.7 Å². The lowest BCUT2D eigenvalue weighted by atomic mass is 9.98. The van der Waals surface area contributed by atoms with Crippen LogP contribution in [0.15, 0.2) is 18.2 Å². The molecule has 30 heavy (non-hydrogen) atoms. The second-order valence-electron chi connectivity index (χ2n) is 8.80. The lowest BCUT2D eigenvalue weighted by molar-refractivity contribution is -0.136. The molecule has 2 N–H and O–H groups in total.